The zero-order valence-corrected chi connectivity index (χ0v) is 15.7. The zero-order chi connectivity index (χ0) is 19.0. The van der Waals surface area contributed by atoms with E-state index in [0.29, 0.717) is 19.6 Å². The van der Waals surface area contributed by atoms with E-state index in [1.54, 1.807) is 0 Å². The maximum Gasteiger partial charge on any atom is 0.407 e. The molecule has 0 aromatic heterocycles. The molecule has 0 spiro atoms. The van der Waals surface area contributed by atoms with Crippen molar-refractivity contribution in [3.8, 4) is 5.75 Å². The Bertz CT molecular complexity index is 679. The Balaban J connectivity index is 1.85. The minimum atomic E-state index is -0.527. The molecule has 0 radical (unpaired) electrons. The summed E-state index contributed by atoms with van der Waals surface area (Å²) in [6, 6.07) is 17.7. The molecule has 1 atom stereocenters. The number of nitrogens with one attached hydrogen (secondary N) is 1. The van der Waals surface area contributed by atoms with Crippen molar-refractivity contribution in [2.75, 3.05) is 6.54 Å². The Morgan fingerprint density at radius 1 is 1.04 bits per heavy atom. The summed E-state index contributed by atoms with van der Waals surface area (Å²) in [5.41, 5.74) is 7.45. The van der Waals surface area contributed by atoms with Gasteiger partial charge in [0.2, 0.25) is 0 Å². The van der Waals surface area contributed by atoms with Crippen LogP contribution in [0.2, 0.25) is 0 Å². The van der Waals surface area contributed by atoms with Gasteiger partial charge < -0.3 is 20.5 Å². The van der Waals surface area contributed by atoms with Crippen molar-refractivity contribution in [1.82, 2.24) is 5.32 Å². The molecule has 0 aliphatic rings. The highest BCUT2D eigenvalue weighted by Crippen LogP contribution is 2.15. The standard InChI is InChI=1S/C21H28N2O3/c1-21(2,3)26-20(24)23-18(14-22)13-16-9-11-19(12-10-16)25-15-17-7-5-4-6-8-17/h4-12,18H,13-15,22H2,1-3H3,(H,23,24). The molecule has 0 bridgehead atoms. The number of alkyl carbamates (subject to hydrolysis) is 1. The molecule has 5 nitrogen and oxygen atoms in total. The van der Waals surface area contributed by atoms with Gasteiger partial charge in [-0.3, -0.25) is 0 Å². The molecule has 0 aliphatic heterocycles. The van der Waals surface area contributed by atoms with E-state index in [1.165, 1.54) is 0 Å². The molecular formula is C21H28N2O3. The van der Waals surface area contributed by atoms with E-state index >= 15 is 0 Å². The fraction of sp³-hybridized carbons (Fsp3) is 0.381. The Morgan fingerprint density at radius 3 is 2.27 bits per heavy atom. The number of carbonyl (C=O) groups is 1. The number of hydrogen-bond donors (Lipinski definition) is 2. The molecule has 0 heterocycles. The molecule has 2 aromatic carbocycles. The number of amides is 1. The van der Waals surface area contributed by atoms with E-state index in [4.69, 9.17) is 15.2 Å². The lowest BCUT2D eigenvalue weighted by molar-refractivity contribution is 0.0506. The summed E-state index contributed by atoms with van der Waals surface area (Å²) in [4.78, 5) is 11.9. The van der Waals surface area contributed by atoms with Gasteiger partial charge in [0.15, 0.2) is 0 Å². The van der Waals surface area contributed by atoms with Crippen LogP contribution in [0.3, 0.4) is 0 Å². The molecule has 3 N–H and O–H groups in total. The normalized spacial score (nSPS) is 12.3. The van der Waals surface area contributed by atoms with Crippen LogP contribution < -0.4 is 15.8 Å². The summed E-state index contributed by atoms with van der Waals surface area (Å²) in [7, 11) is 0. The molecule has 1 unspecified atom stereocenters. The molecule has 0 aliphatic carbocycles. The van der Waals surface area contributed by atoms with Crippen molar-refractivity contribution in [2.24, 2.45) is 5.73 Å². The van der Waals surface area contributed by atoms with Crippen molar-refractivity contribution in [2.45, 2.75) is 45.4 Å². The highest BCUT2D eigenvalue weighted by Gasteiger charge is 2.19. The van der Waals surface area contributed by atoms with E-state index in [2.05, 4.69) is 5.32 Å². The SMILES string of the molecule is CC(C)(C)OC(=O)NC(CN)Cc1ccc(OCc2ccccc2)cc1. The van der Waals surface area contributed by atoms with Crippen LogP contribution in [0.1, 0.15) is 31.9 Å². The van der Waals surface area contributed by atoms with Crippen LogP contribution in [0, 0.1) is 0 Å². The second-order valence-electron chi connectivity index (χ2n) is 7.20. The number of hydrogen-bond acceptors (Lipinski definition) is 4. The highest BCUT2D eigenvalue weighted by atomic mass is 16.6. The Hall–Kier alpha value is -2.53. The summed E-state index contributed by atoms with van der Waals surface area (Å²) in [5.74, 6) is 0.807. The van der Waals surface area contributed by atoms with Gasteiger partial charge in [-0.25, -0.2) is 4.79 Å². The van der Waals surface area contributed by atoms with Gasteiger partial charge in [-0.2, -0.15) is 0 Å². The molecule has 2 rings (SSSR count). The summed E-state index contributed by atoms with van der Waals surface area (Å²) < 4.78 is 11.1. The first-order chi connectivity index (χ1) is 12.4. The fourth-order valence-corrected chi connectivity index (χ4v) is 2.41. The number of benzene rings is 2. The second-order valence-corrected chi connectivity index (χ2v) is 7.20. The van der Waals surface area contributed by atoms with Crippen LogP contribution in [-0.2, 0) is 17.8 Å². The Morgan fingerprint density at radius 2 is 1.69 bits per heavy atom. The van der Waals surface area contributed by atoms with Gasteiger partial charge in [-0.1, -0.05) is 42.5 Å². The van der Waals surface area contributed by atoms with Crippen molar-refractivity contribution in [1.29, 1.82) is 0 Å². The first-order valence-corrected chi connectivity index (χ1v) is 8.81. The first kappa shape index (κ1) is 19.8. The predicted octanol–water partition coefficient (Wildman–Crippen LogP) is 3.66. The number of nitrogens with two attached hydrogens (primary N) is 1. The minimum absolute atomic E-state index is 0.180. The Labute approximate surface area is 155 Å². The topological polar surface area (TPSA) is 73.6 Å². The third kappa shape index (κ3) is 7.15. The summed E-state index contributed by atoms with van der Waals surface area (Å²) in [5, 5.41) is 2.82. The number of carbonyl (C=O) groups excluding carboxylic acids is 1. The molecule has 140 valence electrons. The van der Waals surface area contributed by atoms with Crippen molar-refractivity contribution in [3.05, 3.63) is 65.7 Å². The maximum atomic E-state index is 11.9. The number of ether oxygens (including phenoxy) is 2. The molecule has 1 amide bonds. The van der Waals surface area contributed by atoms with Crippen molar-refractivity contribution >= 4 is 6.09 Å². The minimum Gasteiger partial charge on any atom is -0.489 e. The van der Waals surface area contributed by atoms with Gasteiger partial charge >= 0.3 is 6.09 Å². The van der Waals surface area contributed by atoms with Crippen LogP contribution in [0.15, 0.2) is 54.6 Å². The summed E-state index contributed by atoms with van der Waals surface area (Å²) in [6.07, 6.45) is 0.185. The van der Waals surface area contributed by atoms with Gasteiger partial charge in [-0.15, -0.1) is 0 Å². The largest absolute Gasteiger partial charge is 0.489 e. The zero-order valence-electron chi connectivity index (χ0n) is 15.7. The third-order valence-corrected chi connectivity index (χ3v) is 3.66. The first-order valence-electron chi connectivity index (χ1n) is 8.81. The Kier molecular flexibility index (Phi) is 7.04. The lowest BCUT2D eigenvalue weighted by Crippen LogP contribution is -2.44. The van der Waals surface area contributed by atoms with E-state index in [-0.39, 0.29) is 6.04 Å². The average Bonchev–Trinajstić information content (AvgIpc) is 2.60. The summed E-state index contributed by atoms with van der Waals surface area (Å²) in [6.45, 7) is 6.37. The van der Waals surface area contributed by atoms with E-state index in [0.717, 1.165) is 16.9 Å². The molecule has 0 fully saturated rings. The van der Waals surface area contributed by atoms with Crippen LogP contribution in [0.25, 0.3) is 0 Å². The maximum absolute atomic E-state index is 11.9. The third-order valence-electron chi connectivity index (χ3n) is 3.66. The molecule has 2 aromatic rings. The van der Waals surface area contributed by atoms with Crippen LogP contribution in [0.4, 0.5) is 4.79 Å². The smallest absolute Gasteiger partial charge is 0.407 e. The lowest BCUT2D eigenvalue weighted by Gasteiger charge is -2.23. The van der Waals surface area contributed by atoms with Gasteiger partial charge in [0.05, 0.1) is 0 Å². The molecule has 5 heteroatoms. The van der Waals surface area contributed by atoms with Crippen LogP contribution >= 0.6 is 0 Å². The lowest BCUT2D eigenvalue weighted by atomic mass is 10.1. The average molecular weight is 356 g/mol. The van der Waals surface area contributed by atoms with Gasteiger partial charge in [-0.05, 0) is 50.5 Å². The van der Waals surface area contributed by atoms with Gasteiger partial charge in [0.1, 0.15) is 18.0 Å². The molecule has 0 saturated carbocycles. The molecular weight excluding hydrogens is 328 g/mol. The summed E-state index contributed by atoms with van der Waals surface area (Å²) >= 11 is 0. The quantitative estimate of drug-likeness (QED) is 0.794. The fourth-order valence-electron chi connectivity index (χ4n) is 2.41. The number of rotatable bonds is 7. The predicted molar refractivity (Wildman–Crippen MR) is 103 cm³/mol. The molecule has 26 heavy (non-hydrogen) atoms. The van der Waals surface area contributed by atoms with Crippen molar-refractivity contribution < 1.29 is 14.3 Å². The van der Waals surface area contributed by atoms with Gasteiger partial charge in [0.25, 0.3) is 0 Å². The monoisotopic (exact) mass is 356 g/mol. The van der Waals surface area contributed by atoms with Gasteiger partial charge in [0, 0.05) is 12.6 Å². The molecule has 0 saturated heterocycles. The van der Waals surface area contributed by atoms with Crippen molar-refractivity contribution in [3.63, 3.8) is 0 Å². The van der Waals surface area contributed by atoms with E-state index in [1.807, 2.05) is 75.4 Å². The van der Waals surface area contributed by atoms with E-state index in [9.17, 15) is 4.79 Å². The van der Waals surface area contributed by atoms with Crippen LogP contribution in [-0.4, -0.2) is 24.3 Å². The second kappa shape index (κ2) is 9.25. The highest BCUT2D eigenvalue weighted by molar-refractivity contribution is 5.68. The van der Waals surface area contributed by atoms with E-state index < -0.39 is 11.7 Å². The van der Waals surface area contributed by atoms with Crippen LogP contribution in [0.5, 0.6) is 5.75 Å².